The monoisotopic (exact) mass is 168 g/mol. The average molecular weight is 168 g/mol. The zero-order chi connectivity index (χ0) is 9.07. The molecule has 66 valence electrons. The maximum atomic E-state index is 8.18. The zero-order valence-corrected chi connectivity index (χ0v) is 6.95. The summed E-state index contributed by atoms with van der Waals surface area (Å²) in [6, 6.07) is 3.97. The van der Waals surface area contributed by atoms with Crippen molar-refractivity contribution in [1.82, 2.24) is 0 Å². The quantitative estimate of drug-likeness (QED) is 0.328. The van der Waals surface area contributed by atoms with Crippen molar-refractivity contribution < 1.29 is 9.78 Å². The molecule has 0 aromatic carbocycles. The van der Waals surface area contributed by atoms with Gasteiger partial charge < -0.3 is 0 Å². The van der Waals surface area contributed by atoms with Crippen molar-refractivity contribution in [3.63, 3.8) is 0 Å². The van der Waals surface area contributed by atoms with E-state index >= 15 is 0 Å². The number of hydrogen-bond donors (Lipinski definition) is 0. The summed E-state index contributed by atoms with van der Waals surface area (Å²) in [7, 11) is 0. The Kier molecular flexibility index (Phi) is 8.99. The van der Waals surface area contributed by atoms with Crippen LogP contribution in [0, 0.1) is 22.7 Å². The molecule has 0 N–H and O–H groups in total. The maximum absolute atomic E-state index is 8.18. The van der Waals surface area contributed by atoms with Crippen LogP contribution in [0.5, 0.6) is 0 Å². The predicted octanol–water partition coefficient (Wildman–Crippen LogP) is 1.54. The van der Waals surface area contributed by atoms with Crippen LogP contribution in [0.15, 0.2) is 0 Å². The van der Waals surface area contributed by atoms with E-state index in [2.05, 4.69) is 4.89 Å². The van der Waals surface area contributed by atoms with Gasteiger partial charge in [0.15, 0.2) is 0 Å². The third kappa shape index (κ3) is 8.90. The highest BCUT2D eigenvalue weighted by Gasteiger charge is 1.89. The molecule has 4 nitrogen and oxygen atoms in total. The molecule has 4 heteroatoms. The van der Waals surface area contributed by atoms with Crippen LogP contribution in [0.25, 0.3) is 0 Å². The van der Waals surface area contributed by atoms with Crippen molar-refractivity contribution in [2.24, 2.45) is 0 Å². The van der Waals surface area contributed by atoms with E-state index < -0.39 is 0 Å². The number of hydrogen-bond acceptors (Lipinski definition) is 4. The average Bonchev–Trinajstić information content (AvgIpc) is 2.10. The smallest absolute Gasteiger partial charge is 0.0952 e. The summed E-state index contributed by atoms with van der Waals surface area (Å²) < 4.78 is 0. The van der Waals surface area contributed by atoms with Crippen LogP contribution in [-0.2, 0) is 9.78 Å². The largest absolute Gasteiger partial charge is 0.237 e. The number of nitriles is 2. The molecular weight excluding hydrogens is 156 g/mol. The number of rotatable bonds is 7. The van der Waals surface area contributed by atoms with Gasteiger partial charge in [-0.05, 0) is 12.8 Å². The predicted molar refractivity (Wildman–Crippen MR) is 41.6 cm³/mol. The van der Waals surface area contributed by atoms with Gasteiger partial charge in [-0.3, -0.25) is 0 Å². The van der Waals surface area contributed by atoms with Gasteiger partial charge in [-0.1, -0.05) is 0 Å². The van der Waals surface area contributed by atoms with Gasteiger partial charge in [0.1, 0.15) is 0 Å². The Balaban J connectivity index is 2.84. The molecule has 0 saturated heterocycles. The third-order valence-electron chi connectivity index (χ3n) is 1.15. The molecule has 0 atom stereocenters. The molecule has 0 radical (unpaired) electrons. The minimum absolute atomic E-state index is 0.314. The Morgan fingerprint density at radius 1 is 0.833 bits per heavy atom. The lowest BCUT2D eigenvalue weighted by atomic mass is 10.3. The van der Waals surface area contributed by atoms with Gasteiger partial charge in [-0.2, -0.15) is 10.5 Å². The highest BCUT2D eigenvalue weighted by atomic mass is 17.2. The normalized spacial score (nSPS) is 8.83. The maximum Gasteiger partial charge on any atom is 0.0952 e. The fourth-order valence-electron chi connectivity index (χ4n) is 0.570. The van der Waals surface area contributed by atoms with E-state index in [0.717, 1.165) is 12.8 Å². The van der Waals surface area contributed by atoms with Gasteiger partial charge in [0.25, 0.3) is 0 Å². The minimum atomic E-state index is 0.314. The van der Waals surface area contributed by atoms with E-state index in [1.807, 2.05) is 12.1 Å². The van der Waals surface area contributed by atoms with Crippen LogP contribution in [0.2, 0.25) is 0 Å². The molecule has 0 aromatic rings. The second kappa shape index (κ2) is 9.90. The lowest BCUT2D eigenvalue weighted by molar-refractivity contribution is -0.293. The highest BCUT2D eigenvalue weighted by Crippen LogP contribution is 1.94. The molecule has 0 aromatic heterocycles. The van der Waals surface area contributed by atoms with Gasteiger partial charge in [0, 0.05) is 6.42 Å². The lowest BCUT2D eigenvalue weighted by Crippen LogP contribution is -1.97. The number of unbranched alkanes of at least 4 members (excludes halogenated alkanes) is 2. The van der Waals surface area contributed by atoms with Crippen molar-refractivity contribution in [3.05, 3.63) is 0 Å². The van der Waals surface area contributed by atoms with Crippen LogP contribution < -0.4 is 0 Å². The molecule has 0 saturated carbocycles. The minimum Gasteiger partial charge on any atom is -0.237 e. The summed E-state index contributed by atoms with van der Waals surface area (Å²) in [6.45, 7) is 0.807. The van der Waals surface area contributed by atoms with Crippen LogP contribution >= 0.6 is 0 Å². The second-order valence-electron chi connectivity index (χ2n) is 2.17. The molecule has 0 spiro atoms. The van der Waals surface area contributed by atoms with Gasteiger partial charge >= 0.3 is 0 Å². The van der Waals surface area contributed by atoms with E-state index in [4.69, 9.17) is 15.4 Å². The topological polar surface area (TPSA) is 66.0 Å². The highest BCUT2D eigenvalue weighted by molar-refractivity contribution is 4.67. The summed E-state index contributed by atoms with van der Waals surface area (Å²) in [5.74, 6) is 0. The molecule has 12 heavy (non-hydrogen) atoms. The first-order valence-corrected chi connectivity index (χ1v) is 3.90. The van der Waals surface area contributed by atoms with Crippen molar-refractivity contribution >= 4 is 0 Å². The fraction of sp³-hybridized carbons (Fsp3) is 0.750. The molecule has 0 heterocycles. The molecule has 0 aliphatic rings. The summed E-state index contributed by atoms with van der Waals surface area (Å²) in [5.41, 5.74) is 0. The first-order chi connectivity index (χ1) is 5.91. The second-order valence-corrected chi connectivity index (χ2v) is 2.17. The summed E-state index contributed by atoms with van der Waals surface area (Å²) in [5, 5.41) is 16.3. The van der Waals surface area contributed by atoms with E-state index in [-0.39, 0.29) is 0 Å². The van der Waals surface area contributed by atoms with Crippen molar-refractivity contribution in [2.75, 3.05) is 13.2 Å². The zero-order valence-electron chi connectivity index (χ0n) is 6.95. The van der Waals surface area contributed by atoms with Gasteiger partial charge in [-0.25, -0.2) is 9.78 Å². The first kappa shape index (κ1) is 10.9. The molecular formula is C8H12N2O2. The Hall–Kier alpha value is -1.10. The van der Waals surface area contributed by atoms with Gasteiger partial charge in [-0.15, -0.1) is 0 Å². The van der Waals surface area contributed by atoms with E-state index in [0.29, 0.717) is 26.1 Å². The Bertz CT molecular complexity index is 149. The molecule has 0 aliphatic heterocycles. The Morgan fingerprint density at radius 3 is 2.17 bits per heavy atom. The Morgan fingerprint density at radius 2 is 1.50 bits per heavy atom. The first-order valence-electron chi connectivity index (χ1n) is 3.90. The summed E-state index contributed by atoms with van der Waals surface area (Å²) in [6.07, 6.45) is 2.55. The van der Waals surface area contributed by atoms with Crippen molar-refractivity contribution in [2.45, 2.75) is 25.7 Å². The lowest BCUT2D eigenvalue weighted by Gasteiger charge is -1.99. The fourth-order valence-corrected chi connectivity index (χ4v) is 0.570. The van der Waals surface area contributed by atoms with E-state index in [1.165, 1.54) is 0 Å². The van der Waals surface area contributed by atoms with Crippen molar-refractivity contribution in [3.8, 4) is 12.1 Å². The molecule has 0 unspecified atom stereocenters. The van der Waals surface area contributed by atoms with Crippen LogP contribution in [-0.4, -0.2) is 13.2 Å². The molecule has 0 fully saturated rings. The third-order valence-corrected chi connectivity index (χ3v) is 1.15. The molecule has 0 amide bonds. The molecule has 0 rings (SSSR count). The summed E-state index contributed by atoms with van der Waals surface area (Å²) >= 11 is 0. The van der Waals surface area contributed by atoms with E-state index in [9.17, 15) is 0 Å². The van der Waals surface area contributed by atoms with Crippen LogP contribution in [0.3, 0.4) is 0 Å². The standard InChI is InChI=1S/C8H12N2O2/c9-5-2-1-3-7-11-12-8-4-6-10/h1-4,7-8H2. The Labute approximate surface area is 72.2 Å². The molecule has 0 aliphatic carbocycles. The molecule has 0 bridgehead atoms. The summed E-state index contributed by atoms with van der Waals surface area (Å²) in [4.78, 5) is 9.37. The van der Waals surface area contributed by atoms with Crippen molar-refractivity contribution in [1.29, 1.82) is 10.5 Å². The number of nitrogens with zero attached hydrogens (tertiary/aromatic N) is 2. The van der Waals surface area contributed by atoms with E-state index in [1.54, 1.807) is 0 Å². The van der Waals surface area contributed by atoms with Crippen LogP contribution in [0.4, 0.5) is 0 Å². The SMILES string of the molecule is N#CCCCCOOCCC#N. The van der Waals surface area contributed by atoms with Gasteiger partial charge in [0.2, 0.25) is 0 Å². The van der Waals surface area contributed by atoms with Gasteiger partial charge in [0.05, 0.1) is 31.8 Å². The van der Waals surface area contributed by atoms with Crippen LogP contribution in [0.1, 0.15) is 25.7 Å².